The summed E-state index contributed by atoms with van der Waals surface area (Å²) in [5.74, 6) is 0.239. The third kappa shape index (κ3) is 17.2. The molecule has 0 aromatic rings. The van der Waals surface area contributed by atoms with Crippen molar-refractivity contribution in [1.82, 2.24) is 0 Å². The third-order valence-electron chi connectivity index (χ3n) is 13.6. The van der Waals surface area contributed by atoms with Gasteiger partial charge >= 0.3 is 0 Å². The number of carbonyl (C=O) groups is 6. The van der Waals surface area contributed by atoms with Crippen molar-refractivity contribution >= 4 is 34.7 Å². The quantitative estimate of drug-likeness (QED) is 0.0422. The Labute approximate surface area is 378 Å². The highest BCUT2D eigenvalue weighted by Crippen LogP contribution is 2.37. The predicted octanol–water partition coefficient (Wildman–Crippen LogP) is 14.5. The fourth-order valence-corrected chi connectivity index (χ4v) is 9.14. The van der Waals surface area contributed by atoms with E-state index in [1.54, 1.807) is 0 Å². The molecule has 0 fully saturated rings. The number of allylic oxidation sites excluding steroid dienone is 12. The first-order valence-electron chi connectivity index (χ1n) is 24.5. The zero-order valence-corrected chi connectivity index (χ0v) is 41.8. The highest BCUT2D eigenvalue weighted by Gasteiger charge is 2.42. The van der Waals surface area contributed by atoms with Gasteiger partial charge in [-0.05, 0) is 115 Å². The topological polar surface area (TPSA) is 102 Å². The van der Waals surface area contributed by atoms with Gasteiger partial charge in [0, 0.05) is 33.4 Å². The van der Waals surface area contributed by atoms with Gasteiger partial charge in [0.25, 0.3) is 0 Å². The molecule has 0 radical (unpaired) electrons. The van der Waals surface area contributed by atoms with Gasteiger partial charge in [-0.15, -0.1) is 0 Å². The summed E-state index contributed by atoms with van der Waals surface area (Å²) in [6.07, 6.45) is 23.0. The Bertz CT molecular complexity index is 1820. The average Bonchev–Trinajstić information content (AvgIpc) is 3.17. The van der Waals surface area contributed by atoms with Gasteiger partial charge in [-0.2, -0.15) is 0 Å². The molecule has 0 saturated carbocycles. The Morgan fingerprint density at radius 1 is 0.387 bits per heavy atom. The summed E-state index contributed by atoms with van der Waals surface area (Å²) in [5, 5.41) is 0. The van der Waals surface area contributed by atoms with Crippen LogP contribution in [0.2, 0.25) is 0 Å². The SMILES string of the molecule is CC1=C(C)C(=O)C(C2=C(C)C(=O)C(C)=C(C(=O)/C=C(\C)CCCC(C)CCCC(C)CCCC(C)C)C2=O)=C(C(=O)/C=C(\C)CCCC(C)CCCC(C)CCCC(C)C)C1=O. The molecular weight excluding hydrogens is 769 g/mol. The van der Waals surface area contributed by atoms with Crippen molar-refractivity contribution in [2.45, 2.75) is 213 Å². The molecule has 2 aliphatic carbocycles. The minimum absolute atomic E-state index is 0.00461. The van der Waals surface area contributed by atoms with Crippen LogP contribution >= 0.6 is 0 Å². The maximum absolute atomic E-state index is 14.4. The molecule has 62 heavy (non-hydrogen) atoms. The van der Waals surface area contributed by atoms with Gasteiger partial charge in [0.15, 0.2) is 34.7 Å². The minimum Gasteiger partial charge on any atom is -0.289 e. The molecule has 0 heterocycles. The molecule has 6 nitrogen and oxygen atoms in total. The summed E-state index contributed by atoms with van der Waals surface area (Å²) in [5.41, 5.74) is 0.383. The molecule has 0 aromatic carbocycles. The molecule has 0 N–H and O–H groups in total. The summed E-state index contributed by atoms with van der Waals surface area (Å²) in [6, 6.07) is 0. The molecule has 4 atom stereocenters. The van der Waals surface area contributed by atoms with Gasteiger partial charge in [0.2, 0.25) is 0 Å². The highest BCUT2D eigenvalue weighted by molar-refractivity contribution is 6.45. The van der Waals surface area contributed by atoms with Crippen molar-refractivity contribution in [3.8, 4) is 0 Å². The molecule has 0 aliphatic heterocycles. The number of hydrogen-bond acceptors (Lipinski definition) is 6. The Morgan fingerprint density at radius 3 is 1.11 bits per heavy atom. The van der Waals surface area contributed by atoms with Crippen LogP contribution in [0.3, 0.4) is 0 Å². The molecule has 0 bridgehead atoms. The molecule has 0 saturated heterocycles. The van der Waals surface area contributed by atoms with Crippen LogP contribution in [0.15, 0.2) is 67.9 Å². The maximum Gasteiger partial charge on any atom is 0.198 e. The normalized spacial score (nSPS) is 17.9. The highest BCUT2D eigenvalue weighted by atomic mass is 16.2. The van der Waals surface area contributed by atoms with Gasteiger partial charge in [0.05, 0.1) is 11.1 Å². The van der Waals surface area contributed by atoms with Crippen LogP contribution in [0.25, 0.3) is 0 Å². The molecule has 0 amide bonds. The first kappa shape index (κ1) is 54.6. The number of carbonyl (C=O) groups excluding carboxylic acids is 6. The molecule has 2 aliphatic rings. The van der Waals surface area contributed by atoms with E-state index < -0.39 is 40.3 Å². The Morgan fingerprint density at radius 2 is 0.726 bits per heavy atom. The Balaban J connectivity index is 2.18. The lowest BCUT2D eigenvalue weighted by Gasteiger charge is -2.25. The summed E-state index contributed by atoms with van der Waals surface area (Å²) in [6.45, 7) is 28.0. The summed E-state index contributed by atoms with van der Waals surface area (Å²) in [4.78, 5) is 84.0. The molecular formula is C56H86O6. The standard InChI is InChI=1S/C56H86O6/c1-35(2)21-15-23-37(5)25-17-27-39(7)29-19-31-41(9)33-47(57)49-45(13)53(59)46(14)50(56(49)62)52-51(54(60)43(11)44(12)55(52)61)48(58)34-42(10)32-20-30-40(8)28-18-26-38(6)24-16-22-36(3)4/h33-40H,15-32H2,1-14H3/b41-33+,42-34+. The predicted molar refractivity (Wildman–Crippen MR) is 258 cm³/mol. The van der Waals surface area contributed by atoms with E-state index in [0.29, 0.717) is 24.7 Å². The van der Waals surface area contributed by atoms with Gasteiger partial charge in [-0.1, -0.05) is 156 Å². The minimum atomic E-state index is -0.797. The number of hydrogen-bond donors (Lipinski definition) is 0. The van der Waals surface area contributed by atoms with E-state index >= 15 is 0 Å². The van der Waals surface area contributed by atoms with Gasteiger partial charge in [-0.3, -0.25) is 28.8 Å². The fourth-order valence-electron chi connectivity index (χ4n) is 9.14. The molecule has 2 rings (SSSR count). The Kier molecular flexibility index (Phi) is 23.7. The summed E-state index contributed by atoms with van der Waals surface area (Å²) >= 11 is 0. The second-order valence-corrected chi connectivity index (χ2v) is 20.7. The van der Waals surface area contributed by atoms with Crippen molar-refractivity contribution in [3.05, 3.63) is 67.9 Å². The molecule has 0 spiro atoms. The number of ketones is 6. The van der Waals surface area contributed by atoms with Crippen molar-refractivity contribution < 1.29 is 28.8 Å². The monoisotopic (exact) mass is 855 g/mol. The first-order valence-corrected chi connectivity index (χ1v) is 24.5. The van der Waals surface area contributed by atoms with E-state index in [1.807, 2.05) is 13.8 Å². The van der Waals surface area contributed by atoms with Crippen molar-refractivity contribution in [1.29, 1.82) is 0 Å². The van der Waals surface area contributed by atoms with E-state index in [9.17, 15) is 28.8 Å². The van der Waals surface area contributed by atoms with E-state index in [-0.39, 0.29) is 39.0 Å². The lowest BCUT2D eigenvalue weighted by molar-refractivity contribution is -0.121. The zero-order valence-electron chi connectivity index (χ0n) is 41.8. The van der Waals surface area contributed by atoms with Crippen LogP contribution in [0.5, 0.6) is 0 Å². The van der Waals surface area contributed by atoms with Crippen molar-refractivity contribution in [2.75, 3.05) is 0 Å². The van der Waals surface area contributed by atoms with Crippen LogP contribution in [0.1, 0.15) is 213 Å². The zero-order chi connectivity index (χ0) is 46.8. The van der Waals surface area contributed by atoms with Crippen LogP contribution < -0.4 is 0 Å². The first-order chi connectivity index (χ1) is 29.1. The second-order valence-electron chi connectivity index (χ2n) is 20.7. The lowest BCUT2D eigenvalue weighted by Crippen LogP contribution is -2.33. The molecule has 0 aromatic heterocycles. The second kappa shape index (κ2) is 26.9. The lowest BCUT2D eigenvalue weighted by atomic mass is 9.73. The van der Waals surface area contributed by atoms with Crippen molar-refractivity contribution in [3.63, 3.8) is 0 Å². The van der Waals surface area contributed by atoms with Crippen LogP contribution in [0, 0.1) is 35.5 Å². The Hall–Kier alpha value is -3.54. The summed E-state index contributed by atoms with van der Waals surface area (Å²) in [7, 11) is 0. The molecule has 346 valence electrons. The van der Waals surface area contributed by atoms with E-state index in [2.05, 4.69) is 55.4 Å². The van der Waals surface area contributed by atoms with Gasteiger partial charge in [-0.25, -0.2) is 0 Å². The van der Waals surface area contributed by atoms with Crippen LogP contribution in [-0.4, -0.2) is 34.7 Å². The molecule has 6 heteroatoms. The van der Waals surface area contributed by atoms with Crippen molar-refractivity contribution in [2.24, 2.45) is 35.5 Å². The van der Waals surface area contributed by atoms with Crippen LogP contribution in [0.4, 0.5) is 0 Å². The average molecular weight is 855 g/mol. The summed E-state index contributed by atoms with van der Waals surface area (Å²) < 4.78 is 0. The number of Topliss-reactive ketones (excluding diaryl/α,β-unsaturated/α-hetero) is 4. The third-order valence-corrected chi connectivity index (χ3v) is 13.6. The van der Waals surface area contributed by atoms with Gasteiger partial charge in [0.1, 0.15) is 0 Å². The fraction of sp³-hybridized carbons (Fsp3) is 0.679. The largest absolute Gasteiger partial charge is 0.289 e. The maximum atomic E-state index is 14.4. The molecule has 4 unspecified atom stereocenters. The smallest absolute Gasteiger partial charge is 0.198 e. The van der Waals surface area contributed by atoms with Gasteiger partial charge < -0.3 is 0 Å². The van der Waals surface area contributed by atoms with E-state index in [4.69, 9.17) is 0 Å². The van der Waals surface area contributed by atoms with Crippen LogP contribution in [-0.2, 0) is 28.8 Å². The number of rotatable bonds is 29. The van der Waals surface area contributed by atoms with E-state index in [0.717, 1.165) is 60.5 Å². The van der Waals surface area contributed by atoms with E-state index in [1.165, 1.54) is 117 Å².